The van der Waals surface area contributed by atoms with Crippen molar-refractivity contribution in [2.24, 2.45) is 0 Å². The van der Waals surface area contributed by atoms with E-state index in [9.17, 15) is 14.4 Å². The highest BCUT2D eigenvalue weighted by atomic mass is 16.2. The summed E-state index contributed by atoms with van der Waals surface area (Å²) in [5, 5.41) is 2.79. The van der Waals surface area contributed by atoms with E-state index in [4.69, 9.17) is 0 Å². The highest BCUT2D eigenvalue weighted by Crippen LogP contribution is 2.30. The Kier molecular flexibility index (Phi) is 7.02. The normalized spacial score (nSPS) is 18.2. The van der Waals surface area contributed by atoms with Gasteiger partial charge in [0.1, 0.15) is 12.1 Å². The fraction of sp³-hybridized carbons (Fsp3) is 0.423. The third kappa shape index (κ3) is 4.85. The maximum Gasteiger partial charge on any atom is 0.325 e. The van der Waals surface area contributed by atoms with Gasteiger partial charge in [-0.05, 0) is 42.9 Å². The molecule has 1 fully saturated rings. The molecule has 1 heterocycles. The van der Waals surface area contributed by atoms with Gasteiger partial charge < -0.3 is 10.2 Å². The molecule has 0 aromatic heterocycles. The van der Waals surface area contributed by atoms with Crippen molar-refractivity contribution in [3.63, 3.8) is 0 Å². The third-order valence-electron chi connectivity index (χ3n) is 6.06. The van der Waals surface area contributed by atoms with Crippen LogP contribution in [0.15, 0.2) is 48.5 Å². The summed E-state index contributed by atoms with van der Waals surface area (Å²) in [7, 11) is 0. The molecule has 32 heavy (non-hydrogen) atoms. The number of aryl methyl sites for hydroxylation is 1. The lowest BCUT2D eigenvalue weighted by molar-refractivity contribution is -0.139. The van der Waals surface area contributed by atoms with Gasteiger partial charge >= 0.3 is 6.03 Å². The van der Waals surface area contributed by atoms with E-state index < -0.39 is 17.5 Å². The fourth-order valence-corrected chi connectivity index (χ4v) is 3.95. The maximum atomic E-state index is 13.2. The first-order valence-corrected chi connectivity index (χ1v) is 11.2. The van der Waals surface area contributed by atoms with E-state index in [-0.39, 0.29) is 12.5 Å². The van der Waals surface area contributed by atoms with Gasteiger partial charge in [-0.15, -0.1) is 0 Å². The van der Waals surface area contributed by atoms with Crippen molar-refractivity contribution in [2.75, 3.05) is 13.1 Å². The Morgan fingerprint density at radius 2 is 1.69 bits per heavy atom. The predicted molar refractivity (Wildman–Crippen MR) is 125 cm³/mol. The molecule has 1 unspecified atom stereocenters. The largest absolute Gasteiger partial charge is 0.337 e. The van der Waals surface area contributed by atoms with Crippen molar-refractivity contribution >= 4 is 17.8 Å². The number of rotatable bonds is 8. The number of imide groups is 1. The number of amides is 4. The zero-order chi connectivity index (χ0) is 23.5. The quantitative estimate of drug-likeness (QED) is 0.628. The number of nitrogens with one attached hydrogen (secondary N) is 1. The highest BCUT2D eigenvalue weighted by Gasteiger charge is 2.49. The zero-order valence-electron chi connectivity index (χ0n) is 19.6. The SMILES string of the molecule is CCCN(Cc1ccc(C)cc1)C(=O)CN1C(=O)NC(C)(c2ccc(C(C)C)cc2)C1=O. The maximum absolute atomic E-state index is 13.2. The number of hydrogen-bond donors (Lipinski definition) is 1. The molecule has 1 saturated heterocycles. The second-order valence-electron chi connectivity index (χ2n) is 9.02. The number of carbonyl (C=O) groups excluding carboxylic acids is 3. The smallest absolute Gasteiger partial charge is 0.325 e. The van der Waals surface area contributed by atoms with Crippen LogP contribution in [-0.2, 0) is 21.7 Å². The Bertz CT molecular complexity index is 982. The van der Waals surface area contributed by atoms with Crippen LogP contribution in [0.5, 0.6) is 0 Å². The van der Waals surface area contributed by atoms with Crippen LogP contribution in [0.4, 0.5) is 4.79 Å². The second kappa shape index (κ2) is 9.55. The molecule has 0 spiro atoms. The molecule has 0 bridgehead atoms. The van der Waals surface area contributed by atoms with E-state index in [0.717, 1.165) is 28.0 Å². The molecule has 0 aliphatic carbocycles. The summed E-state index contributed by atoms with van der Waals surface area (Å²) in [6, 6.07) is 15.2. The van der Waals surface area contributed by atoms with Crippen LogP contribution in [-0.4, -0.2) is 40.7 Å². The Hall–Kier alpha value is -3.15. The first-order valence-electron chi connectivity index (χ1n) is 11.2. The van der Waals surface area contributed by atoms with Crippen molar-refractivity contribution in [1.82, 2.24) is 15.1 Å². The Morgan fingerprint density at radius 1 is 1.06 bits per heavy atom. The lowest BCUT2D eigenvalue weighted by Gasteiger charge is -2.25. The molecule has 1 aliphatic rings. The molecule has 170 valence electrons. The van der Waals surface area contributed by atoms with Crippen molar-refractivity contribution < 1.29 is 14.4 Å². The van der Waals surface area contributed by atoms with Crippen LogP contribution < -0.4 is 5.32 Å². The van der Waals surface area contributed by atoms with Crippen LogP contribution in [0.3, 0.4) is 0 Å². The van der Waals surface area contributed by atoms with E-state index in [2.05, 4.69) is 19.2 Å². The molecule has 4 amide bonds. The summed E-state index contributed by atoms with van der Waals surface area (Å²) in [5.41, 5.74) is 2.86. The van der Waals surface area contributed by atoms with Crippen molar-refractivity contribution in [1.29, 1.82) is 0 Å². The van der Waals surface area contributed by atoms with E-state index in [1.807, 2.05) is 62.4 Å². The van der Waals surface area contributed by atoms with Crippen LogP contribution in [0.2, 0.25) is 0 Å². The molecule has 6 nitrogen and oxygen atoms in total. The lowest BCUT2D eigenvalue weighted by Crippen LogP contribution is -2.44. The molecule has 0 radical (unpaired) electrons. The van der Waals surface area contributed by atoms with E-state index in [1.165, 1.54) is 0 Å². The van der Waals surface area contributed by atoms with E-state index in [1.54, 1.807) is 11.8 Å². The molecule has 2 aromatic rings. The number of hydrogen-bond acceptors (Lipinski definition) is 3. The van der Waals surface area contributed by atoms with E-state index >= 15 is 0 Å². The van der Waals surface area contributed by atoms with Gasteiger partial charge in [-0.25, -0.2) is 4.79 Å². The molecule has 0 saturated carbocycles. The minimum Gasteiger partial charge on any atom is -0.337 e. The Labute approximate surface area is 190 Å². The third-order valence-corrected chi connectivity index (χ3v) is 6.06. The average Bonchev–Trinajstić information content (AvgIpc) is 2.98. The molecule has 2 aromatic carbocycles. The van der Waals surface area contributed by atoms with Gasteiger partial charge in [0, 0.05) is 13.1 Å². The first kappa shape index (κ1) is 23.5. The predicted octanol–water partition coefficient (Wildman–Crippen LogP) is 4.32. The van der Waals surface area contributed by atoms with Crippen molar-refractivity contribution in [3.8, 4) is 0 Å². The van der Waals surface area contributed by atoms with Gasteiger partial charge in [0.25, 0.3) is 5.91 Å². The Morgan fingerprint density at radius 3 is 2.25 bits per heavy atom. The fourth-order valence-electron chi connectivity index (χ4n) is 3.95. The van der Waals surface area contributed by atoms with Gasteiger partial charge in [-0.1, -0.05) is 74.9 Å². The van der Waals surface area contributed by atoms with Crippen LogP contribution in [0, 0.1) is 6.92 Å². The number of carbonyl (C=O) groups is 3. The van der Waals surface area contributed by atoms with Gasteiger partial charge in [0.15, 0.2) is 0 Å². The van der Waals surface area contributed by atoms with Gasteiger partial charge in [0.05, 0.1) is 0 Å². The molecular formula is C26H33N3O3. The van der Waals surface area contributed by atoms with Gasteiger partial charge in [0.2, 0.25) is 5.91 Å². The monoisotopic (exact) mass is 435 g/mol. The van der Waals surface area contributed by atoms with E-state index in [0.29, 0.717) is 24.6 Å². The van der Waals surface area contributed by atoms with Gasteiger partial charge in [-0.3, -0.25) is 14.5 Å². The minimum atomic E-state index is -1.18. The molecule has 1 atom stereocenters. The lowest BCUT2D eigenvalue weighted by atomic mass is 9.90. The average molecular weight is 436 g/mol. The number of nitrogens with zero attached hydrogens (tertiary/aromatic N) is 2. The molecular weight excluding hydrogens is 402 g/mol. The van der Waals surface area contributed by atoms with Crippen LogP contribution in [0.1, 0.15) is 62.3 Å². The highest BCUT2D eigenvalue weighted by molar-refractivity contribution is 6.09. The molecule has 6 heteroatoms. The zero-order valence-corrected chi connectivity index (χ0v) is 19.6. The standard InChI is InChI=1S/C26H33N3O3/c1-6-15-28(16-20-9-7-19(4)8-10-20)23(30)17-29-24(31)26(5,27-25(29)32)22-13-11-21(12-14-22)18(2)3/h7-14,18H,6,15-17H2,1-5H3,(H,27,32). The minimum absolute atomic E-state index is 0.240. The summed E-state index contributed by atoms with van der Waals surface area (Å²) < 4.78 is 0. The number of urea groups is 1. The van der Waals surface area contributed by atoms with Crippen molar-refractivity contribution in [2.45, 2.75) is 59.0 Å². The molecule has 3 rings (SSSR count). The topological polar surface area (TPSA) is 69.7 Å². The van der Waals surface area contributed by atoms with Crippen LogP contribution in [0.25, 0.3) is 0 Å². The molecule has 1 aliphatic heterocycles. The summed E-state index contributed by atoms with van der Waals surface area (Å²) >= 11 is 0. The van der Waals surface area contributed by atoms with Crippen LogP contribution >= 0.6 is 0 Å². The van der Waals surface area contributed by atoms with Crippen molar-refractivity contribution in [3.05, 3.63) is 70.8 Å². The summed E-state index contributed by atoms with van der Waals surface area (Å²) in [4.78, 5) is 41.7. The first-order chi connectivity index (χ1) is 15.2. The molecule has 1 N–H and O–H groups in total. The number of benzene rings is 2. The summed E-state index contributed by atoms with van der Waals surface area (Å²) in [6.07, 6.45) is 0.789. The van der Waals surface area contributed by atoms with Gasteiger partial charge in [-0.2, -0.15) is 0 Å². The summed E-state index contributed by atoms with van der Waals surface area (Å²) in [5.74, 6) is -0.270. The summed E-state index contributed by atoms with van der Waals surface area (Å²) in [6.45, 7) is 10.7. The Balaban J connectivity index is 1.75. The second-order valence-corrected chi connectivity index (χ2v) is 9.02.